The largest absolute Gasteiger partial charge is 0.668 e. The fourth-order valence-electron chi connectivity index (χ4n) is 2.19. The molecular weight excluding hydrogens is 437 g/mol. The van der Waals surface area contributed by atoms with Crippen LogP contribution in [-0.2, 0) is 20.9 Å². The van der Waals surface area contributed by atoms with Gasteiger partial charge in [-0.15, -0.1) is 0 Å². The second-order valence-corrected chi connectivity index (χ2v) is 7.58. The summed E-state index contributed by atoms with van der Waals surface area (Å²) < 4.78 is 4.00. The zero-order chi connectivity index (χ0) is 17.2. The van der Waals surface area contributed by atoms with Crippen molar-refractivity contribution >= 4 is 0 Å². The van der Waals surface area contributed by atoms with E-state index in [9.17, 15) is 0 Å². The molecule has 0 spiro atoms. The molecule has 0 amide bonds. The molecule has 0 bridgehead atoms. The molecule has 133 valence electrons. The standard InChI is InChI=1S/2C7H13.C3H7N.C2H6N.Ta/c2*1-7-5-3-2-4-6-7;1-3(2)4;1-3-2;/h2*2,7H,3-6H2,1H3;3H,1-2H3;1-2H3;/q2*-1;;-1;. The quantitative estimate of drug-likeness (QED) is 0.384. The van der Waals surface area contributed by atoms with Crippen molar-refractivity contribution < 1.29 is 20.9 Å². The molecule has 0 aromatic rings. The molecule has 0 atom stereocenters. The molecule has 2 fully saturated rings. The Labute approximate surface area is 153 Å². The van der Waals surface area contributed by atoms with E-state index in [1.54, 1.807) is 14.1 Å². The zero-order valence-corrected chi connectivity index (χ0v) is 19.1. The van der Waals surface area contributed by atoms with E-state index in [1.165, 1.54) is 51.4 Å². The van der Waals surface area contributed by atoms with Gasteiger partial charge in [-0.25, -0.2) is 0 Å². The summed E-state index contributed by atoms with van der Waals surface area (Å²) in [5, 5.41) is 3.50. The zero-order valence-electron chi connectivity index (χ0n) is 15.9. The number of nitrogens with zero attached hydrogens (tertiary/aromatic N) is 2. The third-order valence-electron chi connectivity index (χ3n) is 3.69. The Hall–Kier alpha value is 0.500. The smallest absolute Gasteiger partial charge is 0.0491 e. The van der Waals surface area contributed by atoms with Gasteiger partial charge in [-0.05, 0) is 11.8 Å². The third kappa shape index (κ3) is 22.8. The van der Waals surface area contributed by atoms with Gasteiger partial charge < -0.3 is 18.2 Å². The Morgan fingerprint density at radius 2 is 1.09 bits per heavy atom. The van der Waals surface area contributed by atoms with Crippen LogP contribution in [0.5, 0.6) is 0 Å². The van der Waals surface area contributed by atoms with Crippen molar-refractivity contribution in [2.75, 3.05) is 14.1 Å². The van der Waals surface area contributed by atoms with Gasteiger partial charge in [-0.2, -0.15) is 39.8 Å². The van der Waals surface area contributed by atoms with E-state index in [0.717, 1.165) is 32.7 Å². The minimum atomic E-state index is 0.559. The number of hydrogen-bond acceptors (Lipinski definition) is 1. The molecule has 2 rings (SSSR count). The molecule has 0 N–H and O–H groups in total. The Bertz CT molecular complexity index is 191. The minimum Gasteiger partial charge on any atom is -0.668 e. The monoisotopic (exact) mass is 476 g/mol. The fraction of sp³-hybridized carbons (Fsp3) is 0.895. The van der Waals surface area contributed by atoms with Crippen molar-refractivity contribution in [2.45, 2.75) is 85.1 Å². The van der Waals surface area contributed by atoms with Crippen LogP contribution in [0.15, 0.2) is 3.34 Å². The second-order valence-electron chi connectivity index (χ2n) is 6.75. The molecule has 0 aromatic heterocycles. The van der Waals surface area contributed by atoms with Crippen LogP contribution >= 0.6 is 0 Å². The van der Waals surface area contributed by atoms with Crippen LogP contribution in [-0.4, -0.2) is 20.1 Å². The van der Waals surface area contributed by atoms with Gasteiger partial charge in [-0.1, -0.05) is 39.5 Å². The molecule has 22 heavy (non-hydrogen) atoms. The van der Waals surface area contributed by atoms with E-state index in [0.29, 0.717) is 6.04 Å². The van der Waals surface area contributed by atoms with Crippen molar-refractivity contribution in [3.63, 3.8) is 0 Å². The van der Waals surface area contributed by atoms with Crippen molar-refractivity contribution in [1.29, 1.82) is 0 Å². The molecule has 0 saturated heterocycles. The summed E-state index contributed by atoms with van der Waals surface area (Å²) >= 11 is 1.16. The third-order valence-corrected chi connectivity index (χ3v) is 5.34. The Kier molecular flexibility index (Phi) is 22.0. The average molecular weight is 476 g/mol. The molecule has 2 nitrogen and oxygen atoms in total. The summed E-state index contributed by atoms with van der Waals surface area (Å²) in [5.41, 5.74) is 0. The van der Waals surface area contributed by atoms with Crippen LogP contribution < -0.4 is 0 Å². The number of rotatable bonds is 1. The van der Waals surface area contributed by atoms with Crippen LogP contribution in [0.25, 0.3) is 5.32 Å². The van der Waals surface area contributed by atoms with Crippen molar-refractivity contribution in [2.24, 2.45) is 15.2 Å². The summed E-state index contributed by atoms with van der Waals surface area (Å²) in [5.74, 6) is 2.01. The molecule has 0 aromatic carbocycles. The van der Waals surface area contributed by atoms with Gasteiger partial charge in [0.2, 0.25) is 0 Å². The minimum absolute atomic E-state index is 0.559. The predicted molar refractivity (Wildman–Crippen MR) is 96.6 cm³/mol. The van der Waals surface area contributed by atoms with Gasteiger partial charge >= 0.3 is 44.1 Å². The van der Waals surface area contributed by atoms with Gasteiger partial charge in [-0.3, -0.25) is 0 Å². The van der Waals surface area contributed by atoms with E-state index >= 15 is 0 Å². The van der Waals surface area contributed by atoms with Crippen molar-refractivity contribution in [3.8, 4) is 0 Å². The average Bonchev–Trinajstić information content (AvgIpc) is 2.51. The topological polar surface area (TPSA) is 26.5 Å². The second kappa shape index (κ2) is 19.5. The first-order valence-corrected chi connectivity index (χ1v) is 10.4. The molecule has 2 aliphatic rings. The summed E-state index contributed by atoms with van der Waals surface area (Å²) in [7, 11) is 3.50. The first-order chi connectivity index (χ1) is 10.5. The molecule has 3 heteroatoms. The van der Waals surface area contributed by atoms with Crippen LogP contribution in [0, 0.1) is 24.7 Å². The first-order valence-electron chi connectivity index (χ1n) is 8.93. The summed E-state index contributed by atoms with van der Waals surface area (Å²) in [6, 6.07) is 0.559. The van der Waals surface area contributed by atoms with Crippen LogP contribution in [0.2, 0.25) is 0 Å². The van der Waals surface area contributed by atoms with Gasteiger partial charge in [0.1, 0.15) is 0 Å². The van der Waals surface area contributed by atoms with Gasteiger partial charge in [0.25, 0.3) is 0 Å². The van der Waals surface area contributed by atoms with Gasteiger partial charge in [0, 0.05) is 0 Å². The molecule has 2 saturated carbocycles. The molecular formula is C19H39N2Ta-3. The van der Waals surface area contributed by atoms with E-state index in [-0.39, 0.29) is 0 Å². The van der Waals surface area contributed by atoms with Gasteiger partial charge in [0.05, 0.1) is 0 Å². The van der Waals surface area contributed by atoms with E-state index < -0.39 is 0 Å². The molecule has 0 aliphatic heterocycles. The van der Waals surface area contributed by atoms with Crippen LogP contribution in [0.3, 0.4) is 0 Å². The SMILES string of the molecule is CC(C)[N]=[Ta].CC1CC[CH-]CC1.CC1CC[CH-]CC1.C[N-]C. The van der Waals surface area contributed by atoms with E-state index in [4.69, 9.17) is 0 Å². The molecule has 0 radical (unpaired) electrons. The van der Waals surface area contributed by atoms with Crippen molar-refractivity contribution in [1.82, 2.24) is 0 Å². The maximum atomic E-state index is 4.00. The summed E-state index contributed by atoms with van der Waals surface area (Å²) in [6.07, 6.45) is 16.0. The molecule has 0 unspecified atom stereocenters. The Balaban J connectivity index is 0. The maximum absolute atomic E-state index is 4.00. The molecule has 0 heterocycles. The maximum Gasteiger partial charge on any atom is -0.0491 e. The van der Waals surface area contributed by atoms with Gasteiger partial charge in [0.15, 0.2) is 0 Å². The first kappa shape index (κ1) is 24.7. The van der Waals surface area contributed by atoms with Crippen LogP contribution in [0.1, 0.15) is 79.1 Å². The predicted octanol–water partition coefficient (Wildman–Crippen LogP) is 6.55. The summed E-state index contributed by atoms with van der Waals surface area (Å²) in [4.78, 5) is 0. The van der Waals surface area contributed by atoms with E-state index in [1.807, 2.05) is 0 Å². The van der Waals surface area contributed by atoms with Crippen LogP contribution in [0.4, 0.5) is 0 Å². The summed E-state index contributed by atoms with van der Waals surface area (Å²) in [6.45, 7) is 8.85. The Morgan fingerprint density at radius 3 is 1.18 bits per heavy atom. The Morgan fingerprint density at radius 1 is 0.864 bits per heavy atom. The fourth-order valence-corrected chi connectivity index (χ4v) is 2.19. The van der Waals surface area contributed by atoms with E-state index in [2.05, 4.69) is 49.2 Å². The number of hydrogen-bond donors (Lipinski definition) is 0. The normalized spacial score (nSPS) is 18.8. The van der Waals surface area contributed by atoms with Crippen molar-refractivity contribution in [3.05, 3.63) is 18.2 Å². The molecule has 2 aliphatic carbocycles.